The molecule has 1 rings (SSSR count). The number of halogens is 1. The minimum atomic E-state index is -0.492. The summed E-state index contributed by atoms with van der Waals surface area (Å²) < 4.78 is 0. The second-order valence-electron chi connectivity index (χ2n) is 4.63. The molecule has 1 heterocycles. The largest absolute Gasteiger partial charge is 0.364 e. The highest BCUT2D eigenvalue weighted by Crippen LogP contribution is 2.26. The maximum absolute atomic E-state index is 11.0. The number of nitrogens with zero attached hydrogens (tertiary/aromatic N) is 3. The molecule has 1 aromatic rings. The Morgan fingerprint density at radius 1 is 1.39 bits per heavy atom. The lowest BCUT2D eigenvalue weighted by Gasteiger charge is -2.16. The van der Waals surface area contributed by atoms with E-state index in [1.165, 1.54) is 0 Å². The van der Waals surface area contributed by atoms with E-state index < -0.39 is 4.92 Å². The Morgan fingerprint density at radius 2 is 2.00 bits per heavy atom. The Kier molecular flexibility index (Phi) is 4.84. The Bertz CT molecular complexity index is 451. The molecule has 0 saturated carbocycles. The molecule has 0 saturated heterocycles. The zero-order chi connectivity index (χ0) is 13.9. The van der Waals surface area contributed by atoms with E-state index in [0.717, 1.165) is 0 Å². The Labute approximate surface area is 111 Å². The topological polar surface area (TPSA) is 81.0 Å². The molecule has 0 fully saturated rings. The molecule has 7 heteroatoms. The molecule has 6 nitrogen and oxygen atoms in total. The molecule has 0 aliphatic carbocycles. The monoisotopic (exact) mass is 272 g/mol. The summed E-state index contributed by atoms with van der Waals surface area (Å²) in [5.41, 5.74) is 0.148. The summed E-state index contributed by atoms with van der Waals surface area (Å²) in [4.78, 5) is 18.2. The zero-order valence-corrected chi connectivity index (χ0v) is 11.7. The molecule has 0 aliphatic heterocycles. The number of nitro groups is 1. The van der Waals surface area contributed by atoms with Crippen LogP contribution in [0.1, 0.15) is 26.5 Å². The second-order valence-corrected chi connectivity index (χ2v) is 4.97. The first-order valence-corrected chi connectivity index (χ1v) is 6.13. The molecule has 0 radical (unpaired) electrons. The van der Waals surface area contributed by atoms with Crippen molar-refractivity contribution in [2.75, 3.05) is 11.9 Å². The summed E-state index contributed by atoms with van der Waals surface area (Å²) in [7, 11) is 0. The second kappa shape index (κ2) is 5.95. The van der Waals surface area contributed by atoms with Gasteiger partial charge in [0.2, 0.25) is 11.1 Å². The highest BCUT2D eigenvalue weighted by Gasteiger charge is 2.22. The van der Waals surface area contributed by atoms with Gasteiger partial charge >= 0.3 is 5.69 Å². The molecule has 0 bridgehead atoms. The molecule has 0 amide bonds. The van der Waals surface area contributed by atoms with Crippen molar-refractivity contribution in [3.63, 3.8) is 0 Å². The predicted molar refractivity (Wildman–Crippen MR) is 70.9 cm³/mol. The van der Waals surface area contributed by atoms with Crippen LogP contribution in [-0.4, -0.2) is 21.4 Å². The predicted octanol–water partition coefficient (Wildman–Crippen LogP) is 3.05. The van der Waals surface area contributed by atoms with E-state index in [2.05, 4.69) is 36.1 Å². The minimum absolute atomic E-state index is 0.0119. The van der Waals surface area contributed by atoms with Gasteiger partial charge in [-0.05, 0) is 30.4 Å². The lowest BCUT2D eigenvalue weighted by Crippen LogP contribution is -2.18. The maximum Gasteiger partial charge on any atom is 0.332 e. The minimum Gasteiger partial charge on any atom is -0.364 e. The van der Waals surface area contributed by atoms with Gasteiger partial charge in [0.05, 0.1) is 4.92 Å². The summed E-state index contributed by atoms with van der Waals surface area (Å²) in [6.07, 6.45) is 0. The van der Waals surface area contributed by atoms with Crippen molar-refractivity contribution in [2.24, 2.45) is 11.8 Å². The highest BCUT2D eigenvalue weighted by molar-refractivity contribution is 6.28. The Balaban J connectivity index is 2.97. The van der Waals surface area contributed by atoms with E-state index in [9.17, 15) is 10.1 Å². The lowest BCUT2D eigenvalue weighted by atomic mass is 9.98. The Hall–Kier alpha value is -1.43. The van der Waals surface area contributed by atoms with Crippen LogP contribution in [0.3, 0.4) is 0 Å². The molecule has 0 spiro atoms. The summed E-state index contributed by atoms with van der Waals surface area (Å²) in [5.74, 6) is 1.04. The third-order valence-corrected chi connectivity index (χ3v) is 3.11. The van der Waals surface area contributed by atoms with Crippen LogP contribution in [-0.2, 0) is 0 Å². The third-order valence-electron chi connectivity index (χ3n) is 2.94. The maximum atomic E-state index is 11.0. The van der Waals surface area contributed by atoms with Crippen molar-refractivity contribution in [2.45, 2.75) is 27.7 Å². The molecule has 100 valence electrons. The number of aromatic nitrogens is 2. The Morgan fingerprint density at radius 3 is 2.50 bits per heavy atom. The van der Waals surface area contributed by atoms with Crippen LogP contribution in [0.4, 0.5) is 11.5 Å². The molecule has 1 atom stereocenters. The van der Waals surface area contributed by atoms with Gasteiger partial charge in [0.1, 0.15) is 5.69 Å². The van der Waals surface area contributed by atoms with Crippen LogP contribution in [0.15, 0.2) is 0 Å². The molecule has 18 heavy (non-hydrogen) atoms. The summed E-state index contributed by atoms with van der Waals surface area (Å²) >= 11 is 5.72. The van der Waals surface area contributed by atoms with Crippen LogP contribution < -0.4 is 5.32 Å². The molecule has 1 N–H and O–H groups in total. The fourth-order valence-electron chi connectivity index (χ4n) is 1.37. The van der Waals surface area contributed by atoms with Crippen molar-refractivity contribution in [1.29, 1.82) is 0 Å². The quantitative estimate of drug-likeness (QED) is 0.506. The van der Waals surface area contributed by atoms with Crippen LogP contribution >= 0.6 is 11.6 Å². The molecule has 0 aromatic carbocycles. The molecular weight excluding hydrogens is 256 g/mol. The van der Waals surface area contributed by atoms with Crippen molar-refractivity contribution in [3.8, 4) is 0 Å². The first-order valence-electron chi connectivity index (χ1n) is 5.75. The first kappa shape index (κ1) is 14.6. The van der Waals surface area contributed by atoms with Crippen molar-refractivity contribution < 1.29 is 4.92 Å². The van der Waals surface area contributed by atoms with Gasteiger partial charge in [-0.15, -0.1) is 0 Å². The number of aryl methyl sites for hydroxylation is 1. The molecular formula is C11H17ClN4O2. The van der Waals surface area contributed by atoms with E-state index in [1.54, 1.807) is 6.92 Å². The average molecular weight is 273 g/mol. The van der Waals surface area contributed by atoms with Crippen molar-refractivity contribution in [1.82, 2.24) is 9.97 Å². The smallest absolute Gasteiger partial charge is 0.332 e. The fourth-order valence-corrected chi connectivity index (χ4v) is 1.58. The van der Waals surface area contributed by atoms with Gasteiger partial charge in [-0.3, -0.25) is 10.1 Å². The number of rotatable bonds is 5. The average Bonchev–Trinajstić information content (AvgIpc) is 2.23. The van der Waals surface area contributed by atoms with Crippen LogP contribution in [0.2, 0.25) is 5.28 Å². The van der Waals surface area contributed by atoms with Crippen LogP contribution in [0, 0.1) is 28.9 Å². The normalized spacial score (nSPS) is 12.6. The lowest BCUT2D eigenvalue weighted by molar-refractivity contribution is -0.385. The number of anilines is 1. The highest BCUT2D eigenvalue weighted by atomic mass is 35.5. The van der Waals surface area contributed by atoms with Gasteiger partial charge < -0.3 is 5.32 Å². The van der Waals surface area contributed by atoms with Gasteiger partial charge in [-0.2, -0.15) is 4.98 Å². The van der Waals surface area contributed by atoms with E-state index in [0.29, 0.717) is 18.4 Å². The summed E-state index contributed by atoms with van der Waals surface area (Å²) in [5, 5.41) is 14.0. The third kappa shape index (κ3) is 3.53. The van der Waals surface area contributed by atoms with Crippen LogP contribution in [0.5, 0.6) is 0 Å². The summed E-state index contributed by atoms with van der Waals surface area (Å²) in [6.45, 7) is 8.41. The summed E-state index contributed by atoms with van der Waals surface area (Å²) in [6, 6.07) is 0. The number of nitrogens with one attached hydrogen (secondary N) is 1. The van der Waals surface area contributed by atoms with Crippen molar-refractivity contribution >= 4 is 23.1 Å². The zero-order valence-electron chi connectivity index (χ0n) is 10.9. The molecule has 0 aliphatic rings. The van der Waals surface area contributed by atoms with Gasteiger partial charge in [0.15, 0.2) is 0 Å². The standard InChI is InChI=1S/C11H17ClN4O2/c1-6(2)7(3)5-13-10-9(16(17)18)8(4)14-11(12)15-10/h6-7H,5H2,1-4H3,(H,13,14,15). The van der Waals surface area contributed by atoms with E-state index in [4.69, 9.17) is 11.6 Å². The molecule has 1 unspecified atom stereocenters. The van der Waals surface area contributed by atoms with Gasteiger partial charge in [0, 0.05) is 6.54 Å². The van der Waals surface area contributed by atoms with E-state index in [-0.39, 0.29) is 22.5 Å². The van der Waals surface area contributed by atoms with Gasteiger partial charge in [-0.1, -0.05) is 20.8 Å². The number of hydrogen-bond acceptors (Lipinski definition) is 5. The van der Waals surface area contributed by atoms with Gasteiger partial charge in [0.25, 0.3) is 0 Å². The number of hydrogen-bond donors (Lipinski definition) is 1. The fraction of sp³-hybridized carbons (Fsp3) is 0.636. The SMILES string of the molecule is Cc1nc(Cl)nc(NCC(C)C(C)C)c1[N+](=O)[O-]. The van der Waals surface area contributed by atoms with Crippen molar-refractivity contribution in [3.05, 3.63) is 21.1 Å². The van der Waals surface area contributed by atoms with E-state index >= 15 is 0 Å². The van der Waals surface area contributed by atoms with Gasteiger partial charge in [-0.25, -0.2) is 4.98 Å². The van der Waals surface area contributed by atoms with Crippen LogP contribution in [0.25, 0.3) is 0 Å². The van der Waals surface area contributed by atoms with E-state index in [1.807, 2.05) is 0 Å². The first-order chi connectivity index (χ1) is 8.32. The molecule has 1 aromatic heterocycles.